The van der Waals surface area contributed by atoms with Crippen molar-refractivity contribution in [3.05, 3.63) is 29.8 Å². The van der Waals surface area contributed by atoms with E-state index < -0.39 is 30.6 Å². The van der Waals surface area contributed by atoms with Crippen LogP contribution >= 0.6 is 12.4 Å². The molecule has 1 rings (SSSR count). The number of phenols is 1. The van der Waals surface area contributed by atoms with Crippen LogP contribution in [0.5, 0.6) is 5.75 Å². The number of phenolic OH excluding ortho intramolecular Hbond substituents is 1. The molecule has 0 heterocycles. The number of rotatable bonds is 6. The van der Waals surface area contributed by atoms with Gasteiger partial charge >= 0.3 is 5.97 Å². The molecule has 8 heteroatoms. The molecule has 2 atom stereocenters. The molecule has 7 nitrogen and oxygen atoms in total. The minimum atomic E-state index is -1.20. The first-order valence-corrected chi connectivity index (χ1v) is 5.61. The van der Waals surface area contributed by atoms with Crippen molar-refractivity contribution in [3.63, 3.8) is 0 Å². The Morgan fingerprint density at radius 2 is 1.80 bits per heavy atom. The number of hydrogen-bond donors (Lipinski definition) is 5. The van der Waals surface area contributed by atoms with Gasteiger partial charge in [0.25, 0.3) is 0 Å². The number of benzene rings is 1. The lowest BCUT2D eigenvalue weighted by molar-refractivity contribution is -0.142. The summed E-state index contributed by atoms with van der Waals surface area (Å²) in [4.78, 5) is 22.5. The highest BCUT2D eigenvalue weighted by molar-refractivity contribution is 5.87. The molecule has 1 aromatic rings. The maximum atomic E-state index is 11.4. The molecule has 0 spiro atoms. The fourth-order valence-electron chi connectivity index (χ4n) is 1.43. The van der Waals surface area contributed by atoms with Gasteiger partial charge in [0.05, 0.1) is 6.61 Å². The van der Waals surface area contributed by atoms with Crippen molar-refractivity contribution < 1.29 is 24.9 Å². The zero-order valence-corrected chi connectivity index (χ0v) is 11.3. The van der Waals surface area contributed by atoms with Gasteiger partial charge in [-0.3, -0.25) is 4.79 Å². The first kappa shape index (κ1) is 18.2. The topological polar surface area (TPSA) is 133 Å². The maximum absolute atomic E-state index is 11.4. The van der Waals surface area contributed by atoms with E-state index >= 15 is 0 Å². The number of carboxylic acid groups (broad SMARTS) is 1. The summed E-state index contributed by atoms with van der Waals surface area (Å²) in [6.07, 6.45) is 0.0551. The van der Waals surface area contributed by atoms with Gasteiger partial charge in [-0.25, -0.2) is 4.79 Å². The highest BCUT2D eigenvalue weighted by Gasteiger charge is 2.23. The van der Waals surface area contributed by atoms with Crippen LogP contribution < -0.4 is 11.1 Å². The van der Waals surface area contributed by atoms with Crippen LogP contribution in [0.4, 0.5) is 0 Å². The molecule has 112 valence electrons. The van der Waals surface area contributed by atoms with Gasteiger partial charge in [0.15, 0.2) is 0 Å². The molecule has 0 aliphatic rings. The summed E-state index contributed by atoms with van der Waals surface area (Å²) < 4.78 is 0. The Balaban J connectivity index is 0.00000361. The van der Waals surface area contributed by atoms with Gasteiger partial charge in [0, 0.05) is 6.42 Å². The highest BCUT2D eigenvalue weighted by Crippen LogP contribution is 2.11. The molecule has 2 unspecified atom stereocenters. The van der Waals surface area contributed by atoms with E-state index in [9.17, 15) is 9.59 Å². The molecule has 0 saturated heterocycles. The van der Waals surface area contributed by atoms with Crippen molar-refractivity contribution in [2.45, 2.75) is 18.5 Å². The van der Waals surface area contributed by atoms with Gasteiger partial charge in [0.1, 0.15) is 17.8 Å². The minimum Gasteiger partial charge on any atom is -0.508 e. The number of nitrogens with one attached hydrogen (secondary N) is 1. The van der Waals surface area contributed by atoms with E-state index in [-0.39, 0.29) is 24.6 Å². The molecule has 6 N–H and O–H groups in total. The summed E-state index contributed by atoms with van der Waals surface area (Å²) in [5, 5.41) is 29.1. The van der Waals surface area contributed by atoms with E-state index in [4.69, 9.17) is 21.1 Å². The third-order valence-electron chi connectivity index (χ3n) is 2.52. The molecule has 0 bridgehead atoms. The standard InChI is InChI=1S/C12H16N2O5.ClH/c13-9(6-15)11(17)14-10(12(18)19)5-7-1-3-8(16)4-2-7;/h1-4,9-10,15-16H,5-6,13H2,(H,14,17)(H,18,19);1H. The lowest BCUT2D eigenvalue weighted by Gasteiger charge is -2.16. The number of aromatic hydroxyl groups is 1. The normalized spacial score (nSPS) is 12.9. The summed E-state index contributed by atoms with van der Waals surface area (Å²) in [6.45, 7) is -0.558. The van der Waals surface area contributed by atoms with Gasteiger partial charge in [-0.15, -0.1) is 12.4 Å². The number of carbonyl (C=O) groups excluding carboxylic acids is 1. The Kier molecular flexibility index (Phi) is 7.60. The van der Waals surface area contributed by atoms with Gasteiger partial charge in [-0.2, -0.15) is 0 Å². The van der Waals surface area contributed by atoms with Crippen molar-refractivity contribution in [1.82, 2.24) is 5.32 Å². The average Bonchev–Trinajstić information content (AvgIpc) is 2.39. The maximum Gasteiger partial charge on any atom is 0.326 e. The number of amides is 1. The van der Waals surface area contributed by atoms with Crippen LogP contribution in [0.25, 0.3) is 0 Å². The molecule has 0 aliphatic carbocycles. The van der Waals surface area contributed by atoms with E-state index in [0.29, 0.717) is 5.56 Å². The smallest absolute Gasteiger partial charge is 0.326 e. The van der Waals surface area contributed by atoms with Crippen LogP contribution in [0.1, 0.15) is 5.56 Å². The molecule has 0 aromatic heterocycles. The SMILES string of the molecule is Cl.NC(CO)C(=O)NC(Cc1ccc(O)cc1)C(=O)O. The van der Waals surface area contributed by atoms with Gasteiger partial charge in [0.2, 0.25) is 5.91 Å². The van der Waals surface area contributed by atoms with E-state index in [1.54, 1.807) is 12.1 Å². The van der Waals surface area contributed by atoms with Crippen molar-refractivity contribution in [3.8, 4) is 5.75 Å². The fraction of sp³-hybridized carbons (Fsp3) is 0.333. The number of halogens is 1. The molecule has 1 aromatic carbocycles. The number of carbonyl (C=O) groups is 2. The van der Waals surface area contributed by atoms with Crippen LogP contribution in [0.15, 0.2) is 24.3 Å². The second kappa shape index (κ2) is 8.36. The molecule has 0 saturated carbocycles. The zero-order valence-electron chi connectivity index (χ0n) is 10.5. The number of aliphatic hydroxyl groups is 1. The Hall–Kier alpha value is -1.83. The number of aliphatic hydroxyl groups excluding tert-OH is 1. The van der Waals surface area contributed by atoms with E-state index in [1.165, 1.54) is 12.1 Å². The predicted molar refractivity (Wildman–Crippen MR) is 73.7 cm³/mol. The quantitative estimate of drug-likeness (QED) is 0.469. The van der Waals surface area contributed by atoms with Crippen LogP contribution in [0.2, 0.25) is 0 Å². The van der Waals surface area contributed by atoms with Crippen LogP contribution in [0, 0.1) is 0 Å². The minimum absolute atomic E-state index is 0. The summed E-state index contributed by atoms with van der Waals surface area (Å²) >= 11 is 0. The Morgan fingerprint density at radius 1 is 1.25 bits per heavy atom. The summed E-state index contributed by atoms with van der Waals surface area (Å²) in [5.74, 6) is -1.86. The molecule has 0 radical (unpaired) electrons. The van der Waals surface area contributed by atoms with Crippen molar-refractivity contribution >= 4 is 24.3 Å². The third-order valence-corrected chi connectivity index (χ3v) is 2.52. The summed E-state index contributed by atoms with van der Waals surface area (Å²) in [7, 11) is 0. The van der Waals surface area contributed by atoms with Crippen LogP contribution in [-0.4, -0.2) is 45.9 Å². The second-order valence-corrected chi connectivity index (χ2v) is 4.06. The Bertz CT molecular complexity index is 452. The van der Waals surface area contributed by atoms with E-state index in [0.717, 1.165) is 0 Å². The zero-order chi connectivity index (χ0) is 14.4. The number of hydrogen-bond acceptors (Lipinski definition) is 5. The van der Waals surface area contributed by atoms with E-state index in [2.05, 4.69) is 5.32 Å². The molecular formula is C12H17ClN2O5. The Labute approximate surface area is 121 Å². The second-order valence-electron chi connectivity index (χ2n) is 4.06. The highest BCUT2D eigenvalue weighted by atomic mass is 35.5. The fourth-order valence-corrected chi connectivity index (χ4v) is 1.43. The lowest BCUT2D eigenvalue weighted by Crippen LogP contribution is -2.50. The largest absolute Gasteiger partial charge is 0.508 e. The summed E-state index contributed by atoms with van der Waals surface area (Å²) in [5.41, 5.74) is 5.93. The third kappa shape index (κ3) is 5.43. The molecule has 1 amide bonds. The molecule has 0 fully saturated rings. The monoisotopic (exact) mass is 304 g/mol. The summed E-state index contributed by atoms with van der Waals surface area (Å²) in [6, 6.07) is 3.68. The molecule has 0 aliphatic heterocycles. The first-order chi connectivity index (χ1) is 8.93. The lowest BCUT2D eigenvalue weighted by atomic mass is 10.1. The molecular weight excluding hydrogens is 288 g/mol. The van der Waals surface area contributed by atoms with Gasteiger partial charge < -0.3 is 26.4 Å². The van der Waals surface area contributed by atoms with Crippen LogP contribution in [0.3, 0.4) is 0 Å². The van der Waals surface area contributed by atoms with Gasteiger partial charge in [-0.1, -0.05) is 12.1 Å². The van der Waals surface area contributed by atoms with Crippen molar-refractivity contribution in [2.24, 2.45) is 5.73 Å². The predicted octanol–water partition coefficient (Wildman–Crippen LogP) is -0.755. The van der Waals surface area contributed by atoms with E-state index in [1.807, 2.05) is 0 Å². The van der Waals surface area contributed by atoms with Crippen molar-refractivity contribution in [1.29, 1.82) is 0 Å². The number of nitrogens with two attached hydrogens (primary N) is 1. The number of carboxylic acids is 1. The van der Waals surface area contributed by atoms with Crippen molar-refractivity contribution in [2.75, 3.05) is 6.61 Å². The number of aliphatic carboxylic acids is 1. The first-order valence-electron chi connectivity index (χ1n) is 5.61. The molecule has 20 heavy (non-hydrogen) atoms. The Morgan fingerprint density at radius 3 is 2.25 bits per heavy atom. The van der Waals surface area contributed by atoms with Crippen LogP contribution in [-0.2, 0) is 16.0 Å². The average molecular weight is 305 g/mol. The van der Waals surface area contributed by atoms with Gasteiger partial charge in [-0.05, 0) is 17.7 Å².